The third-order valence-electron chi connectivity index (χ3n) is 3.89. The molecular weight excluding hydrogens is 271 g/mol. The zero-order chi connectivity index (χ0) is 15.5. The van der Waals surface area contributed by atoms with Gasteiger partial charge in [-0.1, -0.05) is 13.8 Å². The van der Waals surface area contributed by atoms with Crippen LogP contribution >= 0.6 is 0 Å². The molecule has 1 aliphatic rings. The minimum absolute atomic E-state index is 0.103. The molecule has 0 bridgehead atoms. The van der Waals surface area contributed by atoms with E-state index in [1.807, 2.05) is 6.92 Å². The summed E-state index contributed by atoms with van der Waals surface area (Å²) in [6, 6.07) is 3.88. The molecule has 0 saturated carbocycles. The van der Waals surface area contributed by atoms with Crippen molar-refractivity contribution < 1.29 is 13.9 Å². The Morgan fingerprint density at radius 2 is 2.29 bits per heavy atom. The first-order valence-electron chi connectivity index (χ1n) is 7.40. The highest BCUT2D eigenvalue weighted by molar-refractivity contribution is 5.96. The molecule has 1 aromatic rings. The highest BCUT2D eigenvalue weighted by atomic mass is 19.1. The van der Waals surface area contributed by atoms with E-state index in [1.165, 1.54) is 18.2 Å². The van der Waals surface area contributed by atoms with Gasteiger partial charge in [-0.3, -0.25) is 4.79 Å². The van der Waals surface area contributed by atoms with Crippen molar-refractivity contribution in [2.75, 3.05) is 18.5 Å². The summed E-state index contributed by atoms with van der Waals surface area (Å²) in [6.07, 6.45) is 2.07. The normalized spacial score (nSPS) is 20.9. The van der Waals surface area contributed by atoms with Gasteiger partial charge in [-0.25, -0.2) is 4.39 Å². The van der Waals surface area contributed by atoms with Crippen molar-refractivity contribution in [2.24, 2.45) is 5.41 Å². The van der Waals surface area contributed by atoms with Gasteiger partial charge in [0.25, 0.3) is 0 Å². The first kappa shape index (κ1) is 15.8. The van der Waals surface area contributed by atoms with Crippen LogP contribution in [-0.2, 0) is 4.79 Å². The predicted molar refractivity (Wildman–Crippen MR) is 81.0 cm³/mol. The summed E-state index contributed by atoms with van der Waals surface area (Å²) in [6.45, 7) is 7.24. The standard InChI is InChI=1S/C16H23FN2O2/c1-4-21-13-10-11(17)6-7-12(13)19-15(20)14-16(2,3)8-5-9-18-14/h6-7,10,14,18H,4-5,8-9H2,1-3H3,(H,19,20). The molecule has 4 nitrogen and oxygen atoms in total. The number of ether oxygens (including phenoxy) is 1. The monoisotopic (exact) mass is 294 g/mol. The Hall–Kier alpha value is -1.62. The molecule has 1 amide bonds. The van der Waals surface area contributed by atoms with E-state index in [-0.39, 0.29) is 23.2 Å². The van der Waals surface area contributed by atoms with Crippen molar-refractivity contribution in [2.45, 2.75) is 39.7 Å². The summed E-state index contributed by atoms with van der Waals surface area (Å²) < 4.78 is 18.7. The van der Waals surface area contributed by atoms with E-state index in [1.54, 1.807) is 0 Å². The molecule has 2 N–H and O–H groups in total. The van der Waals surface area contributed by atoms with Crippen molar-refractivity contribution in [3.8, 4) is 5.75 Å². The van der Waals surface area contributed by atoms with E-state index in [4.69, 9.17) is 4.74 Å². The van der Waals surface area contributed by atoms with Gasteiger partial charge >= 0.3 is 0 Å². The maximum absolute atomic E-state index is 13.3. The molecule has 5 heteroatoms. The summed E-state index contributed by atoms with van der Waals surface area (Å²) >= 11 is 0. The van der Waals surface area contributed by atoms with Crippen LogP contribution in [0.2, 0.25) is 0 Å². The molecule has 21 heavy (non-hydrogen) atoms. The first-order valence-corrected chi connectivity index (χ1v) is 7.40. The molecule has 1 aromatic carbocycles. The van der Waals surface area contributed by atoms with Crippen molar-refractivity contribution in [3.63, 3.8) is 0 Å². The fraction of sp³-hybridized carbons (Fsp3) is 0.562. The third-order valence-corrected chi connectivity index (χ3v) is 3.89. The highest BCUT2D eigenvalue weighted by Gasteiger charge is 2.37. The Kier molecular flexibility index (Phi) is 4.83. The summed E-state index contributed by atoms with van der Waals surface area (Å²) in [5, 5.41) is 6.12. The molecule has 0 radical (unpaired) electrons. The molecule has 0 aromatic heterocycles. The Morgan fingerprint density at radius 1 is 1.52 bits per heavy atom. The number of halogens is 1. The molecule has 1 saturated heterocycles. The van der Waals surface area contributed by atoms with Crippen LogP contribution in [0.4, 0.5) is 10.1 Å². The van der Waals surface area contributed by atoms with Crippen LogP contribution in [0.25, 0.3) is 0 Å². The van der Waals surface area contributed by atoms with Gasteiger partial charge in [-0.2, -0.15) is 0 Å². The summed E-state index contributed by atoms with van der Waals surface area (Å²) in [4.78, 5) is 12.5. The fourth-order valence-electron chi connectivity index (χ4n) is 2.74. The quantitative estimate of drug-likeness (QED) is 0.897. The molecule has 1 atom stereocenters. The largest absolute Gasteiger partial charge is 0.492 e. The number of hydrogen-bond donors (Lipinski definition) is 2. The van der Waals surface area contributed by atoms with Crippen molar-refractivity contribution in [1.29, 1.82) is 0 Å². The second-order valence-electron chi connectivity index (χ2n) is 6.04. The summed E-state index contributed by atoms with van der Waals surface area (Å²) in [5.74, 6) is -0.126. The van der Waals surface area contributed by atoms with Crippen molar-refractivity contribution in [1.82, 2.24) is 5.32 Å². The van der Waals surface area contributed by atoms with Crippen LogP contribution in [0.3, 0.4) is 0 Å². The van der Waals surface area contributed by atoms with Gasteiger partial charge in [0, 0.05) is 6.07 Å². The van der Waals surface area contributed by atoms with E-state index in [9.17, 15) is 9.18 Å². The van der Waals surface area contributed by atoms with Crippen LogP contribution < -0.4 is 15.4 Å². The Morgan fingerprint density at radius 3 is 2.95 bits per heavy atom. The van der Waals surface area contributed by atoms with Crippen molar-refractivity contribution >= 4 is 11.6 Å². The minimum Gasteiger partial charge on any atom is -0.492 e. The van der Waals surface area contributed by atoms with Gasteiger partial charge in [0.05, 0.1) is 18.3 Å². The minimum atomic E-state index is -0.382. The Bertz CT molecular complexity index is 517. The fourth-order valence-corrected chi connectivity index (χ4v) is 2.74. The molecule has 1 fully saturated rings. The summed E-state index contributed by atoms with van der Waals surface area (Å²) in [5.41, 5.74) is 0.403. The van der Waals surface area contributed by atoms with E-state index in [2.05, 4.69) is 24.5 Å². The molecule has 0 spiro atoms. The average Bonchev–Trinajstić information content (AvgIpc) is 2.41. The number of rotatable bonds is 4. The van der Waals surface area contributed by atoms with Crippen molar-refractivity contribution in [3.05, 3.63) is 24.0 Å². The van der Waals surface area contributed by atoms with Gasteiger partial charge in [0.1, 0.15) is 11.6 Å². The topological polar surface area (TPSA) is 50.4 Å². The number of amides is 1. The number of piperidine rings is 1. The SMILES string of the molecule is CCOc1cc(F)ccc1NC(=O)C1NCCCC1(C)C. The van der Waals surface area contributed by atoms with Crippen LogP contribution in [0.15, 0.2) is 18.2 Å². The number of carbonyl (C=O) groups is 1. The van der Waals surface area contributed by atoms with Gasteiger partial charge in [0.15, 0.2) is 0 Å². The zero-order valence-electron chi connectivity index (χ0n) is 12.8. The molecule has 2 rings (SSSR count). The molecule has 1 heterocycles. The lowest BCUT2D eigenvalue weighted by Gasteiger charge is -2.38. The van der Waals surface area contributed by atoms with E-state index >= 15 is 0 Å². The van der Waals surface area contributed by atoms with Crippen LogP contribution in [-0.4, -0.2) is 25.1 Å². The number of nitrogens with one attached hydrogen (secondary N) is 2. The second-order valence-corrected chi connectivity index (χ2v) is 6.04. The van der Waals surface area contributed by atoms with Gasteiger partial charge in [0.2, 0.25) is 5.91 Å². The van der Waals surface area contributed by atoms with E-state index in [0.717, 1.165) is 19.4 Å². The predicted octanol–water partition coefficient (Wildman–Crippen LogP) is 2.94. The molecular formula is C16H23FN2O2. The van der Waals surface area contributed by atoms with Crippen LogP contribution in [0.1, 0.15) is 33.6 Å². The molecule has 0 aliphatic carbocycles. The first-order chi connectivity index (χ1) is 9.94. The maximum Gasteiger partial charge on any atom is 0.242 e. The number of carbonyl (C=O) groups excluding carboxylic acids is 1. The molecule has 1 unspecified atom stereocenters. The number of anilines is 1. The molecule has 1 aliphatic heterocycles. The Labute approximate surface area is 125 Å². The zero-order valence-corrected chi connectivity index (χ0v) is 12.8. The number of benzene rings is 1. The van der Waals surface area contributed by atoms with Crippen LogP contribution in [0.5, 0.6) is 5.75 Å². The van der Waals surface area contributed by atoms with E-state index < -0.39 is 0 Å². The highest BCUT2D eigenvalue weighted by Crippen LogP contribution is 2.32. The lowest BCUT2D eigenvalue weighted by atomic mass is 9.77. The van der Waals surface area contributed by atoms with E-state index in [0.29, 0.717) is 18.0 Å². The third kappa shape index (κ3) is 3.73. The van der Waals surface area contributed by atoms with Gasteiger partial charge in [-0.05, 0) is 43.9 Å². The second kappa shape index (κ2) is 6.43. The lowest BCUT2D eigenvalue weighted by molar-refractivity contribution is -0.121. The number of hydrogen-bond acceptors (Lipinski definition) is 3. The van der Waals surface area contributed by atoms with Gasteiger partial charge in [-0.15, -0.1) is 0 Å². The van der Waals surface area contributed by atoms with Crippen LogP contribution in [0, 0.1) is 11.2 Å². The average molecular weight is 294 g/mol. The summed E-state index contributed by atoms with van der Waals surface area (Å²) in [7, 11) is 0. The lowest BCUT2D eigenvalue weighted by Crippen LogP contribution is -2.53. The Balaban J connectivity index is 2.15. The molecule has 116 valence electrons. The smallest absolute Gasteiger partial charge is 0.242 e. The maximum atomic E-state index is 13.3. The van der Waals surface area contributed by atoms with Gasteiger partial charge < -0.3 is 15.4 Å².